The number of hydrogen-bond acceptors (Lipinski definition) is 5. The Morgan fingerprint density at radius 3 is 2.43 bits per heavy atom. The normalized spacial score (nSPS) is 30.6. The van der Waals surface area contributed by atoms with Gasteiger partial charge >= 0.3 is 12.1 Å². The maximum Gasteiger partial charge on any atom is 0.391 e. The largest absolute Gasteiger partial charge is 0.478 e. The molecule has 1 aliphatic heterocycles. The summed E-state index contributed by atoms with van der Waals surface area (Å²) in [7, 11) is 1.65. The highest BCUT2D eigenvalue weighted by molar-refractivity contribution is 5.94. The Morgan fingerprint density at radius 2 is 1.97 bits per heavy atom. The molecule has 2 saturated carbocycles. The number of nitrogens with zero attached hydrogens (tertiary/aromatic N) is 2. The van der Waals surface area contributed by atoms with E-state index in [0.29, 0.717) is 19.5 Å². The van der Waals surface area contributed by atoms with Crippen LogP contribution in [0.25, 0.3) is 0 Å². The molecule has 4 rings (SSSR count). The summed E-state index contributed by atoms with van der Waals surface area (Å²) < 4.78 is 39.0. The van der Waals surface area contributed by atoms with Gasteiger partial charge in [-0.1, -0.05) is 0 Å². The van der Waals surface area contributed by atoms with Crippen LogP contribution in [-0.2, 0) is 5.41 Å². The van der Waals surface area contributed by atoms with E-state index >= 15 is 0 Å². The molecule has 30 heavy (non-hydrogen) atoms. The topological polar surface area (TPSA) is 95.7 Å². The van der Waals surface area contributed by atoms with Crippen LogP contribution in [0.1, 0.15) is 48.0 Å². The molecule has 1 aromatic carbocycles. The smallest absolute Gasteiger partial charge is 0.391 e. The molecule has 10 heteroatoms. The van der Waals surface area contributed by atoms with Gasteiger partial charge in [0.25, 0.3) is 5.69 Å². The molecule has 2 N–H and O–H groups in total. The fraction of sp³-hybridized carbons (Fsp3) is 0.650. The van der Waals surface area contributed by atoms with Gasteiger partial charge in [-0.25, -0.2) is 4.79 Å². The predicted octanol–water partition coefficient (Wildman–Crippen LogP) is 3.71. The van der Waals surface area contributed by atoms with Gasteiger partial charge in [-0.05, 0) is 56.7 Å². The Hall–Kier alpha value is -2.36. The van der Waals surface area contributed by atoms with E-state index in [1.165, 1.54) is 12.1 Å². The standard InChI is InChI=1S/C20H24F3N3O4/c1-25(13-4-2-11(3-5-13)20(21,22)23)15-7-6-14(18(27)28)16(17(15)26(29)30)19-8-12(19)9-24-10-19/h6-7,11-13,24H,2-5,8-10H2,1H3,(H,27,28)/t11?,12-,13?,19+/m1/s1. The number of piperidine rings is 1. The molecular weight excluding hydrogens is 403 g/mol. The summed E-state index contributed by atoms with van der Waals surface area (Å²) in [4.78, 5) is 25.1. The van der Waals surface area contributed by atoms with Crippen LogP contribution < -0.4 is 10.2 Å². The molecule has 2 atom stereocenters. The van der Waals surface area contributed by atoms with Gasteiger partial charge in [-0.3, -0.25) is 10.1 Å². The first-order valence-corrected chi connectivity index (χ1v) is 10.1. The van der Waals surface area contributed by atoms with E-state index in [2.05, 4.69) is 5.32 Å². The summed E-state index contributed by atoms with van der Waals surface area (Å²) in [6, 6.07) is 2.57. The molecule has 7 nitrogen and oxygen atoms in total. The minimum Gasteiger partial charge on any atom is -0.478 e. The molecule has 0 spiro atoms. The highest BCUT2D eigenvalue weighted by Crippen LogP contribution is 2.60. The number of anilines is 1. The number of carboxylic acid groups (broad SMARTS) is 1. The first-order valence-electron chi connectivity index (χ1n) is 10.1. The zero-order valence-electron chi connectivity index (χ0n) is 16.5. The number of aromatic carboxylic acids is 1. The average molecular weight is 427 g/mol. The van der Waals surface area contributed by atoms with Crippen LogP contribution in [0.4, 0.5) is 24.5 Å². The molecule has 0 bridgehead atoms. The first-order chi connectivity index (χ1) is 14.1. The maximum atomic E-state index is 13.0. The van der Waals surface area contributed by atoms with E-state index < -0.39 is 28.4 Å². The van der Waals surface area contributed by atoms with Gasteiger partial charge < -0.3 is 15.3 Å². The van der Waals surface area contributed by atoms with Crippen molar-refractivity contribution in [3.05, 3.63) is 33.4 Å². The van der Waals surface area contributed by atoms with E-state index in [-0.39, 0.29) is 60.1 Å². The Labute approximate surface area is 171 Å². The third kappa shape index (κ3) is 3.30. The molecule has 1 saturated heterocycles. The third-order valence-corrected chi connectivity index (χ3v) is 7.22. The summed E-state index contributed by atoms with van der Waals surface area (Å²) in [5, 5.41) is 25.0. The van der Waals surface area contributed by atoms with Crippen LogP contribution >= 0.6 is 0 Å². The number of nitrogens with one attached hydrogen (secondary N) is 1. The molecule has 2 aliphatic carbocycles. The van der Waals surface area contributed by atoms with E-state index in [9.17, 15) is 33.2 Å². The third-order valence-electron chi connectivity index (χ3n) is 7.22. The van der Waals surface area contributed by atoms with Gasteiger partial charge in [0.2, 0.25) is 0 Å². The molecule has 0 radical (unpaired) electrons. The minimum atomic E-state index is -4.22. The second-order valence-corrected chi connectivity index (χ2v) is 8.76. The Morgan fingerprint density at radius 1 is 1.30 bits per heavy atom. The molecule has 0 unspecified atom stereocenters. The van der Waals surface area contributed by atoms with Crippen molar-refractivity contribution in [2.75, 3.05) is 25.0 Å². The minimum absolute atomic E-state index is 0.0116. The lowest BCUT2D eigenvalue weighted by Crippen LogP contribution is -2.39. The fourth-order valence-corrected chi connectivity index (χ4v) is 5.45. The molecular formula is C20H24F3N3O4. The Balaban J connectivity index is 1.71. The number of hydrogen-bond donors (Lipinski definition) is 2. The summed E-state index contributed by atoms with van der Waals surface area (Å²) in [6.45, 7) is 1.18. The molecule has 0 aromatic heterocycles. The van der Waals surface area contributed by atoms with Crippen molar-refractivity contribution in [3.63, 3.8) is 0 Å². The summed E-state index contributed by atoms with van der Waals surface area (Å²) >= 11 is 0. The zero-order chi connectivity index (χ0) is 21.8. The quantitative estimate of drug-likeness (QED) is 0.549. The van der Waals surface area contributed by atoms with Crippen LogP contribution in [0.15, 0.2) is 12.1 Å². The van der Waals surface area contributed by atoms with E-state index in [1.54, 1.807) is 11.9 Å². The summed E-state index contributed by atoms with van der Waals surface area (Å²) in [5.41, 5.74) is -0.306. The molecule has 0 amide bonds. The number of fused-ring (bicyclic) bond motifs is 1. The van der Waals surface area contributed by atoms with Gasteiger partial charge in [-0.2, -0.15) is 13.2 Å². The van der Waals surface area contributed by atoms with Gasteiger partial charge in [0.1, 0.15) is 5.69 Å². The Bertz CT molecular complexity index is 883. The number of rotatable bonds is 5. The number of alkyl halides is 3. The number of carbonyl (C=O) groups is 1. The highest BCUT2D eigenvalue weighted by atomic mass is 19.4. The van der Waals surface area contributed by atoms with Crippen molar-refractivity contribution < 1.29 is 28.0 Å². The predicted molar refractivity (Wildman–Crippen MR) is 103 cm³/mol. The van der Waals surface area contributed by atoms with Crippen LogP contribution in [0.5, 0.6) is 0 Å². The number of benzene rings is 1. The van der Waals surface area contributed by atoms with E-state index in [4.69, 9.17) is 0 Å². The van der Waals surface area contributed by atoms with Crippen molar-refractivity contribution in [1.29, 1.82) is 0 Å². The lowest BCUT2D eigenvalue weighted by atomic mass is 9.84. The molecule has 164 valence electrons. The van der Waals surface area contributed by atoms with Crippen molar-refractivity contribution >= 4 is 17.3 Å². The maximum absolute atomic E-state index is 13.0. The fourth-order valence-electron chi connectivity index (χ4n) is 5.45. The van der Waals surface area contributed by atoms with Crippen molar-refractivity contribution in [1.82, 2.24) is 5.32 Å². The highest BCUT2D eigenvalue weighted by Gasteiger charge is 2.62. The average Bonchev–Trinajstić information content (AvgIpc) is 3.25. The van der Waals surface area contributed by atoms with Gasteiger partial charge in [0.15, 0.2) is 0 Å². The Kier molecular flexibility index (Phi) is 4.95. The van der Waals surface area contributed by atoms with Gasteiger partial charge in [0, 0.05) is 25.0 Å². The second kappa shape index (κ2) is 7.11. The number of nitro groups is 1. The van der Waals surface area contributed by atoms with E-state index in [1.807, 2.05) is 0 Å². The summed E-state index contributed by atoms with van der Waals surface area (Å²) in [5.74, 6) is -2.38. The number of carboxylic acids is 1. The second-order valence-electron chi connectivity index (χ2n) is 8.76. The molecule has 3 fully saturated rings. The number of nitro benzene ring substituents is 1. The first kappa shape index (κ1) is 20.9. The lowest BCUT2D eigenvalue weighted by molar-refractivity contribution is -0.385. The molecule has 3 aliphatic rings. The number of halogens is 3. The van der Waals surface area contributed by atoms with Gasteiger partial charge in [-0.15, -0.1) is 0 Å². The monoisotopic (exact) mass is 427 g/mol. The van der Waals surface area contributed by atoms with Crippen LogP contribution in [0.2, 0.25) is 0 Å². The SMILES string of the molecule is CN(c1ccc(C(=O)O)c([C@@]23CNC[C@H]2C3)c1[N+](=O)[O-])C1CCC(C(F)(F)F)CC1. The van der Waals surface area contributed by atoms with Crippen molar-refractivity contribution in [3.8, 4) is 0 Å². The lowest BCUT2D eigenvalue weighted by Gasteiger charge is -2.36. The zero-order valence-corrected chi connectivity index (χ0v) is 16.5. The van der Waals surface area contributed by atoms with Crippen molar-refractivity contribution in [2.45, 2.75) is 49.7 Å². The van der Waals surface area contributed by atoms with Crippen LogP contribution in [0.3, 0.4) is 0 Å². The molecule has 1 heterocycles. The van der Waals surface area contributed by atoms with E-state index in [0.717, 1.165) is 0 Å². The molecule has 1 aromatic rings. The van der Waals surface area contributed by atoms with Crippen LogP contribution in [0, 0.1) is 22.0 Å². The van der Waals surface area contributed by atoms with Gasteiger partial charge in [0.05, 0.1) is 22.0 Å². The van der Waals surface area contributed by atoms with Crippen molar-refractivity contribution in [2.24, 2.45) is 11.8 Å². The van der Waals surface area contributed by atoms with Crippen LogP contribution in [-0.4, -0.2) is 48.4 Å². The summed E-state index contributed by atoms with van der Waals surface area (Å²) in [6.07, 6.45) is -2.98.